The molecule has 2 aromatic rings. The van der Waals surface area contributed by atoms with Crippen molar-refractivity contribution in [2.75, 3.05) is 37.6 Å². The number of amides is 3. The minimum atomic E-state index is -0.723. The Morgan fingerprint density at radius 3 is 2.25 bits per heavy atom. The number of carbonyl (C=O) groups excluding carboxylic acids is 3. The van der Waals surface area contributed by atoms with Gasteiger partial charge in [0.2, 0.25) is 11.8 Å². The van der Waals surface area contributed by atoms with Crippen molar-refractivity contribution in [2.45, 2.75) is 19.4 Å². The molecule has 2 aromatic carbocycles. The summed E-state index contributed by atoms with van der Waals surface area (Å²) in [7, 11) is 1.54. The highest BCUT2D eigenvalue weighted by Gasteiger charge is 2.21. The van der Waals surface area contributed by atoms with E-state index in [1.165, 1.54) is 0 Å². The molecule has 3 amide bonds. The number of anilines is 1. The second-order valence-corrected chi connectivity index (χ2v) is 7.74. The summed E-state index contributed by atoms with van der Waals surface area (Å²) in [6, 6.07) is 12.8. The van der Waals surface area contributed by atoms with Crippen LogP contribution in [0.5, 0.6) is 11.5 Å². The normalized spacial score (nSPS) is 11.2. The van der Waals surface area contributed by atoms with E-state index < -0.39 is 11.9 Å². The lowest BCUT2D eigenvalue weighted by atomic mass is 10.2. The number of hydrogen-bond acceptors (Lipinski definition) is 6. The molecular formula is C23H29N3O5S. The molecule has 0 aliphatic carbocycles. The molecule has 0 saturated carbocycles. The Morgan fingerprint density at radius 2 is 1.66 bits per heavy atom. The first kappa shape index (κ1) is 25.1. The highest BCUT2D eigenvalue weighted by molar-refractivity contribution is 7.98. The summed E-state index contributed by atoms with van der Waals surface area (Å²) in [5.74, 6) is 0.889. The molecule has 0 radical (unpaired) electrons. The Kier molecular flexibility index (Phi) is 10.4. The Bertz CT molecular complexity index is 888. The standard InChI is InChI=1S/C23H29N3O5S/c1-4-31-19-11-7-17(8-12-19)25-23(29)20(13-14-32-3)26-21(27)15-24-22(28)16-5-9-18(30-2)10-6-16/h5-12,20H,4,13-15H2,1-3H3,(H,24,28)(H,25,29)(H,26,27). The zero-order valence-corrected chi connectivity index (χ0v) is 19.3. The molecule has 3 N–H and O–H groups in total. The summed E-state index contributed by atoms with van der Waals surface area (Å²) in [4.78, 5) is 37.3. The van der Waals surface area contributed by atoms with Crippen molar-refractivity contribution in [1.82, 2.24) is 10.6 Å². The Hall–Kier alpha value is -3.20. The summed E-state index contributed by atoms with van der Waals surface area (Å²) in [5, 5.41) is 8.08. The van der Waals surface area contributed by atoms with Gasteiger partial charge in [-0.2, -0.15) is 11.8 Å². The lowest BCUT2D eigenvalue weighted by Gasteiger charge is -2.18. The number of ether oxygens (including phenoxy) is 2. The van der Waals surface area contributed by atoms with Gasteiger partial charge in [0.05, 0.1) is 20.3 Å². The maximum absolute atomic E-state index is 12.7. The Morgan fingerprint density at radius 1 is 1.00 bits per heavy atom. The average molecular weight is 460 g/mol. The molecule has 0 bridgehead atoms. The number of hydrogen-bond donors (Lipinski definition) is 3. The molecule has 0 fully saturated rings. The second kappa shape index (κ2) is 13.3. The fraction of sp³-hybridized carbons (Fsp3) is 0.348. The van der Waals surface area contributed by atoms with E-state index in [4.69, 9.17) is 9.47 Å². The predicted molar refractivity (Wildman–Crippen MR) is 126 cm³/mol. The van der Waals surface area contributed by atoms with Crippen molar-refractivity contribution in [1.29, 1.82) is 0 Å². The van der Waals surface area contributed by atoms with Crippen molar-refractivity contribution < 1.29 is 23.9 Å². The number of rotatable bonds is 12. The maximum atomic E-state index is 12.7. The van der Waals surface area contributed by atoms with E-state index in [-0.39, 0.29) is 18.4 Å². The van der Waals surface area contributed by atoms with Crippen LogP contribution < -0.4 is 25.4 Å². The first-order valence-electron chi connectivity index (χ1n) is 10.2. The smallest absolute Gasteiger partial charge is 0.251 e. The van der Waals surface area contributed by atoms with Crippen LogP contribution in [-0.4, -0.2) is 56.0 Å². The lowest BCUT2D eigenvalue weighted by Crippen LogP contribution is -2.47. The van der Waals surface area contributed by atoms with Crippen LogP contribution in [-0.2, 0) is 9.59 Å². The first-order valence-corrected chi connectivity index (χ1v) is 11.6. The minimum absolute atomic E-state index is 0.239. The van der Waals surface area contributed by atoms with Crippen LogP contribution in [0.2, 0.25) is 0 Å². The number of carbonyl (C=O) groups is 3. The van der Waals surface area contributed by atoms with Crippen molar-refractivity contribution >= 4 is 35.2 Å². The molecule has 9 heteroatoms. The van der Waals surface area contributed by atoms with E-state index in [0.717, 1.165) is 0 Å². The topological polar surface area (TPSA) is 106 Å². The molecular weight excluding hydrogens is 430 g/mol. The van der Waals surface area contributed by atoms with E-state index in [1.807, 2.05) is 13.2 Å². The van der Waals surface area contributed by atoms with E-state index in [2.05, 4.69) is 16.0 Å². The summed E-state index contributed by atoms with van der Waals surface area (Å²) < 4.78 is 10.5. The van der Waals surface area contributed by atoms with Crippen LogP contribution in [0.4, 0.5) is 5.69 Å². The quantitative estimate of drug-likeness (QED) is 0.451. The molecule has 0 aliphatic heterocycles. The average Bonchev–Trinajstić information content (AvgIpc) is 2.81. The SMILES string of the molecule is CCOc1ccc(NC(=O)C(CCSC)NC(=O)CNC(=O)c2ccc(OC)cc2)cc1. The van der Waals surface area contributed by atoms with E-state index in [9.17, 15) is 14.4 Å². The molecule has 0 aromatic heterocycles. The molecule has 2 rings (SSSR count). The largest absolute Gasteiger partial charge is 0.497 e. The van der Waals surface area contributed by atoms with Crippen LogP contribution in [0.3, 0.4) is 0 Å². The van der Waals surface area contributed by atoms with Gasteiger partial charge in [0.1, 0.15) is 17.5 Å². The number of benzene rings is 2. The van der Waals surface area contributed by atoms with Crippen molar-refractivity contribution in [3.8, 4) is 11.5 Å². The number of methoxy groups -OCH3 is 1. The van der Waals surface area contributed by atoms with Gasteiger partial charge in [0.15, 0.2) is 0 Å². The van der Waals surface area contributed by atoms with Crippen molar-refractivity contribution in [2.24, 2.45) is 0 Å². The van der Waals surface area contributed by atoms with Gasteiger partial charge < -0.3 is 25.4 Å². The lowest BCUT2D eigenvalue weighted by molar-refractivity contribution is -0.125. The summed E-state index contributed by atoms with van der Waals surface area (Å²) >= 11 is 1.58. The van der Waals surface area contributed by atoms with Gasteiger partial charge in [-0.15, -0.1) is 0 Å². The van der Waals surface area contributed by atoms with Gasteiger partial charge in [-0.3, -0.25) is 14.4 Å². The first-order chi connectivity index (χ1) is 15.5. The second-order valence-electron chi connectivity index (χ2n) is 6.76. The molecule has 8 nitrogen and oxygen atoms in total. The Labute approximate surface area is 192 Å². The third kappa shape index (κ3) is 8.14. The molecule has 0 aliphatic rings. The van der Waals surface area contributed by atoms with Gasteiger partial charge in [-0.05, 0) is 73.9 Å². The monoisotopic (exact) mass is 459 g/mol. The highest BCUT2D eigenvalue weighted by atomic mass is 32.2. The highest BCUT2D eigenvalue weighted by Crippen LogP contribution is 2.16. The van der Waals surface area contributed by atoms with Gasteiger partial charge in [0.25, 0.3) is 5.91 Å². The van der Waals surface area contributed by atoms with E-state index >= 15 is 0 Å². The van der Waals surface area contributed by atoms with E-state index in [0.29, 0.717) is 41.5 Å². The van der Waals surface area contributed by atoms with Crippen LogP contribution in [0.1, 0.15) is 23.7 Å². The zero-order chi connectivity index (χ0) is 23.3. The zero-order valence-electron chi connectivity index (χ0n) is 18.5. The van der Waals surface area contributed by atoms with Crippen LogP contribution in [0.25, 0.3) is 0 Å². The fourth-order valence-electron chi connectivity index (χ4n) is 2.79. The fourth-order valence-corrected chi connectivity index (χ4v) is 3.26. The third-order valence-electron chi connectivity index (χ3n) is 4.46. The van der Waals surface area contributed by atoms with Crippen LogP contribution in [0, 0.1) is 0 Å². The Balaban J connectivity index is 1.90. The molecule has 172 valence electrons. The molecule has 0 spiro atoms. The van der Waals surface area contributed by atoms with Crippen LogP contribution in [0.15, 0.2) is 48.5 Å². The molecule has 32 heavy (non-hydrogen) atoms. The molecule has 0 heterocycles. The van der Waals surface area contributed by atoms with Crippen molar-refractivity contribution in [3.05, 3.63) is 54.1 Å². The van der Waals surface area contributed by atoms with Gasteiger partial charge in [-0.25, -0.2) is 0 Å². The number of thioether (sulfide) groups is 1. The van der Waals surface area contributed by atoms with Crippen LogP contribution >= 0.6 is 11.8 Å². The minimum Gasteiger partial charge on any atom is -0.497 e. The predicted octanol–water partition coefficient (Wildman–Crippen LogP) is 2.70. The summed E-state index contributed by atoms with van der Waals surface area (Å²) in [6.07, 6.45) is 2.39. The van der Waals surface area contributed by atoms with Gasteiger partial charge in [-0.1, -0.05) is 0 Å². The van der Waals surface area contributed by atoms with Gasteiger partial charge in [0, 0.05) is 11.3 Å². The van der Waals surface area contributed by atoms with Gasteiger partial charge >= 0.3 is 0 Å². The molecule has 0 saturated heterocycles. The number of nitrogens with one attached hydrogen (secondary N) is 3. The maximum Gasteiger partial charge on any atom is 0.251 e. The molecule has 1 atom stereocenters. The third-order valence-corrected chi connectivity index (χ3v) is 5.10. The summed E-state index contributed by atoms with van der Waals surface area (Å²) in [6.45, 7) is 2.22. The van der Waals surface area contributed by atoms with Crippen molar-refractivity contribution in [3.63, 3.8) is 0 Å². The summed E-state index contributed by atoms with van der Waals surface area (Å²) in [5.41, 5.74) is 1.01. The molecule has 1 unspecified atom stereocenters. The van der Waals surface area contributed by atoms with E-state index in [1.54, 1.807) is 67.4 Å².